The Hall–Kier alpha value is -1.64. The predicted octanol–water partition coefficient (Wildman–Crippen LogP) is 3.35. The quantitative estimate of drug-likeness (QED) is 0.834. The molecule has 0 fully saturated rings. The largest absolute Gasteiger partial charge is 0.330 e. The zero-order valence-electron chi connectivity index (χ0n) is 12.3. The Kier molecular flexibility index (Phi) is 5.78. The molecule has 0 heterocycles. The first-order chi connectivity index (χ1) is 9.78. The molecule has 2 rings (SSSR count). The van der Waals surface area contributed by atoms with Gasteiger partial charge in [-0.25, -0.2) is 0 Å². The molecule has 106 valence electrons. The average Bonchev–Trinajstić information content (AvgIpc) is 2.46. The minimum Gasteiger partial charge on any atom is -0.330 e. The Morgan fingerprint density at radius 2 is 1.60 bits per heavy atom. The van der Waals surface area contributed by atoms with Gasteiger partial charge in [0.2, 0.25) is 0 Å². The van der Waals surface area contributed by atoms with E-state index < -0.39 is 0 Å². The Bertz CT molecular complexity index is 508. The van der Waals surface area contributed by atoms with Gasteiger partial charge in [-0.2, -0.15) is 0 Å². The van der Waals surface area contributed by atoms with E-state index in [4.69, 9.17) is 5.73 Å². The van der Waals surface area contributed by atoms with E-state index in [0.29, 0.717) is 0 Å². The standard InChI is InChI=1S/C18H24N2/c1-16-7-5-10-18(13-16)15-20(12-6-11-19)14-17-8-3-2-4-9-17/h2-5,7-10,13H,6,11-12,14-15,19H2,1H3. The van der Waals surface area contributed by atoms with E-state index in [1.807, 2.05) is 0 Å². The number of aryl methyl sites for hydroxylation is 1. The lowest BCUT2D eigenvalue weighted by atomic mass is 10.1. The summed E-state index contributed by atoms with van der Waals surface area (Å²) in [7, 11) is 0. The first-order valence-electron chi connectivity index (χ1n) is 7.30. The Morgan fingerprint density at radius 3 is 2.30 bits per heavy atom. The minimum atomic E-state index is 0.749. The molecule has 2 heteroatoms. The van der Waals surface area contributed by atoms with Crippen molar-refractivity contribution in [3.8, 4) is 0 Å². The highest BCUT2D eigenvalue weighted by atomic mass is 15.1. The fraction of sp³-hybridized carbons (Fsp3) is 0.333. The molecule has 0 aliphatic rings. The fourth-order valence-corrected chi connectivity index (χ4v) is 2.44. The molecular weight excluding hydrogens is 244 g/mol. The van der Waals surface area contributed by atoms with Gasteiger partial charge >= 0.3 is 0 Å². The molecule has 2 nitrogen and oxygen atoms in total. The van der Waals surface area contributed by atoms with E-state index in [1.54, 1.807) is 0 Å². The molecule has 0 aliphatic carbocycles. The van der Waals surface area contributed by atoms with Crippen molar-refractivity contribution in [2.75, 3.05) is 13.1 Å². The van der Waals surface area contributed by atoms with Crippen LogP contribution in [0.3, 0.4) is 0 Å². The SMILES string of the molecule is Cc1cccc(CN(CCCN)Cc2ccccc2)c1. The second-order valence-corrected chi connectivity index (χ2v) is 5.33. The number of nitrogens with zero attached hydrogens (tertiary/aromatic N) is 1. The number of rotatable bonds is 7. The molecule has 0 radical (unpaired) electrons. The molecule has 0 saturated heterocycles. The van der Waals surface area contributed by atoms with Crippen LogP contribution < -0.4 is 5.73 Å². The van der Waals surface area contributed by atoms with Crippen LogP contribution in [0.4, 0.5) is 0 Å². The highest BCUT2D eigenvalue weighted by Gasteiger charge is 2.06. The van der Waals surface area contributed by atoms with Crippen molar-refractivity contribution in [1.82, 2.24) is 4.90 Å². The highest BCUT2D eigenvalue weighted by molar-refractivity contribution is 5.22. The topological polar surface area (TPSA) is 29.3 Å². The normalized spacial score (nSPS) is 10.9. The van der Waals surface area contributed by atoms with Crippen LogP contribution in [0.5, 0.6) is 0 Å². The third-order valence-corrected chi connectivity index (χ3v) is 3.42. The molecule has 0 amide bonds. The van der Waals surface area contributed by atoms with E-state index in [-0.39, 0.29) is 0 Å². The van der Waals surface area contributed by atoms with Gasteiger partial charge < -0.3 is 5.73 Å². The van der Waals surface area contributed by atoms with Crippen LogP contribution >= 0.6 is 0 Å². The summed E-state index contributed by atoms with van der Waals surface area (Å²) in [5.74, 6) is 0. The van der Waals surface area contributed by atoms with E-state index in [2.05, 4.69) is 66.4 Å². The molecule has 0 unspecified atom stereocenters. The van der Waals surface area contributed by atoms with E-state index in [9.17, 15) is 0 Å². The van der Waals surface area contributed by atoms with Gasteiger partial charge in [-0.15, -0.1) is 0 Å². The van der Waals surface area contributed by atoms with Crippen molar-refractivity contribution in [1.29, 1.82) is 0 Å². The Balaban J connectivity index is 2.03. The molecule has 0 bridgehead atoms. The van der Waals surface area contributed by atoms with Crippen molar-refractivity contribution in [2.24, 2.45) is 5.73 Å². The molecule has 0 atom stereocenters. The first-order valence-corrected chi connectivity index (χ1v) is 7.30. The lowest BCUT2D eigenvalue weighted by Crippen LogP contribution is -2.25. The molecule has 0 aliphatic heterocycles. The van der Waals surface area contributed by atoms with Crippen molar-refractivity contribution >= 4 is 0 Å². The van der Waals surface area contributed by atoms with Crippen LogP contribution in [0.2, 0.25) is 0 Å². The van der Waals surface area contributed by atoms with Crippen LogP contribution in [0.25, 0.3) is 0 Å². The van der Waals surface area contributed by atoms with Crippen LogP contribution in [-0.4, -0.2) is 18.0 Å². The second kappa shape index (κ2) is 7.83. The van der Waals surface area contributed by atoms with Gasteiger partial charge in [0.15, 0.2) is 0 Å². The average molecular weight is 268 g/mol. The molecule has 0 spiro atoms. The number of benzene rings is 2. The summed E-state index contributed by atoms with van der Waals surface area (Å²) in [5.41, 5.74) is 9.71. The number of nitrogens with two attached hydrogens (primary N) is 1. The third kappa shape index (κ3) is 4.80. The van der Waals surface area contributed by atoms with Gasteiger partial charge in [-0.05, 0) is 31.0 Å². The van der Waals surface area contributed by atoms with Crippen LogP contribution in [0.1, 0.15) is 23.1 Å². The Labute approximate surface area is 122 Å². The maximum atomic E-state index is 5.66. The molecule has 0 aromatic heterocycles. The lowest BCUT2D eigenvalue weighted by Gasteiger charge is -2.22. The summed E-state index contributed by atoms with van der Waals surface area (Å²) in [5, 5.41) is 0. The predicted molar refractivity (Wildman–Crippen MR) is 85.4 cm³/mol. The molecule has 20 heavy (non-hydrogen) atoms. The molecule has 2 aromatic rings. The van der Waals surface area contributed by atoms with Crippen molar-refractivity contribution in [2.45, 2.75) is 26.4 Å². The van der Waals surface area contributed by atoms with Gasteiger partial charge in [0.05, 0.1) is 0 Å². The highest BCUT2D eigenvalue weighted by Crippen LogP contribution is 2.11. The Morgan fingerprint density at radius 1 is 0.900 bits per heavy atom. The van der Waals surface area contributed by atoms with E-state index in [0.717, 1.165) is 32.6 Å². The zero-order chi connectivity index (χ0) is 14.2. The van der Waals surface area contributed by atoms with Crippen molar-refractivity contribution in [3.05, 3.63) is 71.3 Å². The van der Waals surface area contributed by atoms with Gasteiger partial charge in [0.1, 0.15) is 0 Å². The van der Waals surface area contributed by atoms with Crippen LogP contribution in [0.15, 0.2) is 54.6 Å². The molecule has 0 saturated carbocycles. The van der Waals surface area contributed by atoms with Crippen molar-refractivity contribution in [3.63, 3.8) is 0 Å². The first kappa shape index (κ1) is 14.8. The third-order valence-electron chi connectivity index (χ3n) is 3.42. The summed E-state index contributed by atoms with van der Waals surface area (Å²) in [6.07, 6.45) is 1.04. The summed E-state index contributed by atoms with van der Waals surface area (Å²) in [4.78, 5) is 2.47. The van der Waals surface area contributed by atoms with Crippen LogP contribution in [0, 0.1) is 6.92 Å². The monoisotopic (exact) mass is 268 g/mol. The molecule has 2 aromatic carbocycles. The van der Waals surface area contributed by atoms with Crippen molar-refractivity contribution < 1.29 is 0 Å². The van der Waals surface area contributed by atoms with E-state index >= 15 is 0 Å². The lowest BCUT2D eigenvalue weighted by molar-refractivity contribution is 0.255. The molecule has 2 N–H and O–H groups in total. The number of hydrogen-bond donors (Lipinski definition) is 1. The maximum Gasteiger partial charge on any atom is 0.0237 e. The second-order valence-electron chi connectivity index (χ2n) is 5.33. The van der Waals surface area contributed by atoms with Gasteiger partial charge in [0.25, 0.3) is 0 Å². The van der Waals surface area contributed by atoms with Gasteiger partial charge in [-0.3, -0.25) is 4.90 Å². The summed E-state index contributed by atoms with van der Waals surface area (Å²) in [6, 6.07) is 19.4. The smallest absolute Gasteiger partial charge is 0.0237 e. The summed E-state index contributed by atoms with van der Waals surface area (Å²) < 4.78 is 0. The molecular formula is C18H24N2. The number of hydrogen-bond acceptors (Lipinski definition) is 2. The zero-order valence-corrected chi connectivity index (χ0v) is 12.3. The van der Waals surface area contributed by atoms with E-state index in [1.165, 1.54) is 16.7 Å². The fourth-order valence-electron chi connectivity index (χ4n) is 2.44. The van der Waals surface area contributed by atoms with Gasteiger partial charge in [-0.1, -0.05) is 60.2 Å². The summed E-state index contributed by atoms with van der Waals surface area (Å²) >= 11 is 0. The summed E-state index contributed by atoms with van der Waals surface area (Å²) in [6.45, 7) is 5.90. The maximum absolute atomic E-state index is 5.66. The minimum absolute atomic E-state index is 0.749. The van der Waals surface area contributed by atoms with Gasteiger partial charge in [0, 0.05) is 19.6 Å². The van der Waals surface area contributed by atoms with Crippen LogP contribution in [-0.2, 0) is 13.1 Å².